The third kappa shape index (κ3) is 6.39. The predicted molar refractivity (Wildman–Crippen MR) is 155 cm³/mol. The Morgan fingerprint density at radius 3 is 2.78 bits per heavy atom. The van der Waals surface area contributed by atoms with Gasteiger partial charge in [-0.2, -0.15) is 4.31 Å². The second kappa shape index (κ2) is 12.3. The lowest BCUT2D eigenvalue weighted by Crippen LogP contribution is -2.36. The summed E-state index contributed by atoms with van der Waals surface area (Å²) in [6.45, 7) is -0.626. The van der Waals surface area contributed by atoms with Crippen LogP contribution in [-0.2, 0) is 32.6 Å². The molecule has 4 N–H and O–H groups in total. The van der Waals surface area contributed by atoms with Crippen molar-refractivity contribution in [1.29, 1.82) is 0 Å². The summed E-state index contributed by atoms with van der Waals surface area (Å²) in [5.41, 5.74) is 3.46. The minimum absolute atomic E-state index is 0.0534. The number of nitrogens with zero attached hydrogens (tertiary/aromatic N) is 3. The number of amides is 2. The molecule has 0 fully saturated rings. The number of pyridine rings is 1. The van der Waals surface area contributed by atoms with Crippen LogP contribution >= 0.6 is 22.7 Å². The lowest BCUT2D eigenvalue weighted by atomic mass is 10.2. The number of thiophene rings is 1. The highest BCUT2D eigenvalue weighted by molar-refractivity contribution is 7.89. The number of hydrogen-bond donors (Lipinski definition) is 4. The normalized spacial score (nSPS) is 12.6. The fourth-order valence-corrected chi connectivity index (χ4v) is 7.61. The van der Waals surface area contributed by atoms with E-state index < -0.39 is 34.7 Å². The molecule has 1 atom stereocenters. The van der Waals surface area contributed by atoms with E-state index >= 15 is 0 Å². The van der Waals surface area contributed by atoms with Crippen LogP contribution in [0.2, 0.25) is 0 Å². The van der Waals surface area contributed by atoms with Gasteiger partial charge in [0.2, 0.25) is 15.9 Å². The summed E-state index contributed by atoms with van der Waals surface area (Å²) in [6, 6.07) is 12.9. The van der Waals surface area contributed by atoms with Gasteiger partial charge in [0.05, 0.1) is 53.5 Å². The Hall–Kier alpha value is -3.89. The van der Waals surface area contributed by atoms with Crippen LogP contribution in [0, 0.1) is 0 Å². The average molecular weight is 615 g/mol. The van der Waals surface area contributed by atoms with Gasteiger partial charge >= 0.3 is 6.09 Å². The van der Waals surface area contributed by atoms with Crippen molar-refractivity contribution in [3.05, 3.63) is 75.7 Å². The first-order chi connectivity index (χ1) is 19.8. The fourth-order valence-electron chi connectivity index (χ4n) is 4.23. The van der Waals surface area contributed by atoms with Gasteiger partial charge in [0.15, 0.2) is 0 Å². The zero-order valence-corrected chi connectivity index (χ0v) is 24.2. The molecule has 4 aromatic heterocycles. The number of thiazole rings is 1. The zero-order chi connectivity index (χ0) is 29.0. The molecule has 0 spiro atoms. The number of carbonyl (C=O) groups is 2. The number of rotatable bonds is 11. The lowest BCUT2D eigenvalue weighted by Gasteiger charge is -2.29. The zero-order valence-electron chi connectivity index (χ0n) is 21.7. The summed E-state index contributed by atoms with van der Waals surface area (Å²) in [7, 11) is -2.92. The Morgan fingerprint density at radius 2 is 2.00 bits per heavy atom. The largest absolute Gasteiger partial charge is 0.453 e. The highest BCUT2D eigenvalue weighted by Crippen LogP contribution is 2.34. The van der Waals surface area contributed by atoms with Gasteiger partial charge in [0.25, 0.3) is 0 Å². The Labute approximate surface area is 243 Å². The summed E-state index contributed by atoms with van der Waals surface area (Å²) >= 11 is 2.69. The van der Waals surface area contributed by atoms with Crippen molar-refractivity contribution in [2.45, 2.75) is 24.0 Å². The van der Waals surface area contributed by atoms with Gasteiger partial charge in [-0.25, -0.2) is 23.2 Å². The SMILES string of the molecule is COC(=O)NCC(=O)NCc1ccc(C(CO)N(Cc2cc3cccnc3[nH]2)S(=O)(=O)c2ccc3scnc3c2)s1. The quantitative estimate of drug-likeness (QED) is 0.176. The summed E-state index contributed by atoms with van der Waals surface area (Å²) in [4.78, 5) is 36.4. The number of benzene rings is 1. The molecule has 2 amide bonds. The molecule has 0 aliphatic carbocycles. The number of aromatic amines is 1. The molecular weight excluding hydrogens is 589 g/mol. The van der Waals surface area contributed by atoms with Crippen molar-refractivity contribution >= 4 is 65.9 Å². The molecule has 5 rings (SSSR count). The van der Waals surface area contributed by atoms with Gasteiger partial charge in [-0.15, -0.1) is 22.7 Å². The van der Waals surface area contributed by atoms with Crippen LogP contribution in [0.3, 0.4) is 0 Å². The first-order valence-electron chi connectivity index (χ1n) is 12.3. The number of nitrogens with one attached hydrogen (secondary N) is 3. The summed E-state index contributed by atoms with van der Waals surface area (Å²) in [6.07, 6.45) is 0.930. The van der Waals surface area contributed by atoms with E-state index in [4.69, 9.17) is 0 Å². The summed E-state index contributed by atoms with van der Waals surface area (Å²) in [5, 5.41) is 16.4. The maximum absolute atomic E-state index is 14.1. The molecule has 4 heterocycles. The Morgan fingerprint density at radius 1 is 1.15 bits per heavy atom. The van der Waals surface area contributed by atoms with Gasteiger partial charge in [0.1, 0.15) is 12.2 Å². The molecule has 0 aliphatic rings. The van der Waals surface area contributed by atoms with Crippen LogP contribution in [0.15, 0.2) is 65.1 Å². The summed E-state index contributed by atoms with van der Waals surface area (Å²) in [5.74, 6) is -0.418. The van der Waals surface area contributed by atoms with Crippen LogP contribution in [-0.4, -0.2) is 65.0 Å². The van der Waals surface area contributed by atoms with E-state index in [0.29, 0.717) is 21.7 Å². The Bertz CT molecular complexity index is 1760. The van der Waals surface area contributed by atoms with E-state index in [1.54, 1.807) is 42.0 Å². The highest BCUT2D eigenvalue weighted by atomic mass is 32.2. The number of aliphatic hydroxyl groups is 1. The predicted octanol–water partition coefficient (Wildman–Crippen LogP) is 3.13. The molecule has 41 heavy (non-hydrogen) atoms. The van der Waals surface area contributed by atoms with E-state index in [0.717, 1.165) is 15.0 Å². The topological polar surface area (TPSA) is 167 Å². The molecule has 15 heteroatoms. The lowest BCUT2D eigenvalue weighted by molar-refractivity contribution is -0.120. The number of aliphatic hydroxyl groups excluding tert-OH is 1. The molecule has 0 saturated heterocycles. The molecule has 1 aromatic carbocycles. The van der Waals surface area contributed by atoms with E-state index in [9.17, 15) is 23.1 Å². The molecule has 0 aliphatic heterocycles. The van der Waals surface area contributed by atoms with Crippen LogP contribution < -0.4 is 10.6 Å². The highest BCUT2D eigenvalue weighted by Gasteiger charge is 2.34. The standard InChI is InChI=1S/C26H26N6O6S3/c1-38-26(35)29-12-24(34)28-11-18-4-6-23(40-18)21(14-33)32(13-17-9-16-3-2-8-27-25(16)31-17)41(36,37)19-5-7-22-20(10-19)30-15-39-22/h2-10,15,21,33H,11-14H2,1H3,(H,27,31)(H,28,34)(H,29,35). The molecule has 214 valence electrons. The number of hydrogen-bond acceptors (Lipinski definition) is 10. The van der Waals surface area contributed by atoms with E-state index in [-0.39, 0.29) is 24.5 Å². The van der Waals surface area contributed by atoms with Crippen LogP contribution in [0.25, 0.3) is 21.3 Å². The first-order valence-corrected chi connectivity index (χ1v) is 15.5. The van der Waals surface area contributed by atoms with Crippen molar-refractivity contribution in [3.8, 4) is 0 Å². The third-order valence-corrected chi connectivity index (χ3v) is 10.1. The van der Waals surface area contributed by atoms with Crippen molar-refractivity contribution in [3.63, 3.8) is 0 Å². The third-order valence-electron chi connectivity index (χ3n) is 6.25. The van der Waals surface area contributed by atoms with Crippen LogP contribution in [0.1, 0.15) is 21.5 Å². The number of alkyl carbamates (subject to hydrolysis) is 1. The minimum atomic E-state index is -4.12. The van der Waals surface area contributed by atoms with Crippen LogP contribution in [0.5, 0.6) is 0 Å². The Balaban J connectivity index is 1.43. The molecule has 12 nitrogen and oxygen atoms in total. The maximum atomic E-state index is 14.1. The second-order valence-electron chi connectivity index (χ2n) is 8.89. The van der Waals surface area contributed by atoms with Crippen molar-refractivity contribution in [2.24, 2.45) is 0 Å². The van der Waals surface area contributed by atoms with E-state index in [1.165, 1.54) is 40.2 Å². The first kappa shape index (κ1) is 28.6. The smallest absolute Gasteiger partial charge is 0.407 e. The maximum Gasteiger partial charge on any atom is 0.407 e. The molecule has 5 aromatic rings. The van der Waals surface area contributed by atoms with Gasteiger partial charge < -0.3 is 25.5 Å². The van der Waals surface area contributed by atoms with E-state index in [1.807, 2.05) is 12.1 Å². The van der Waals surface area contributed by atoms with Crippen molar-refractivity contribution in [1.82, 2.24) is 29.9 Å². The van der Waals surface area contributed by atoms with Gasteiger partial charge in [0, 0.05) is 27.0 Å². The summed E-state index contributed by atoms with van der Waals surface area (Å²) < 4.78 is 34.8. The Kier molecular flexibility index (Phi) is 8.60. The van der Waals surface area contributed by atoms with Gasteiger partial charge in [-0.05, 0) is 48.5 Å². The van der Waals surface area contributed by atoms with Gasteiger partial charge in [-0.3, -0.25) is 4.79 Å². The average Bonchev–Trinajstić information content (AvgIpc) is 3.73. The molecular formula is C26H26N6O6S3. The monoisotopic (exact) mass is 614 g/mol. The van der Waals surface area contributed by atoms with Gasteiger partial charge in [-0.1, -0.05) is 0 Å². The number of methoxy groups -OCH3 is 1. The van der Waals surface area contributed by atoms with Crippen molar-refractivity contribution < 1.29 is 27.9 Å². The minimum Gasteiger partial charge on any atom is -0.453 e. The molecule has 0 bridgehead atoms. The van der Waals surface area contributed by atoms with Crippen LogP contribution in [0.4, 0.5) is 4.79 Å². The number of sulfonamides is 1. The number of ether oxygens (including phenoxy) is 1. The van der Waals surface area contributed by atoms with E-state index in [2.05, 4.69) is 30.3 Å². The number of fused-ring (bicyclic) bond motifs is 2. The molecule has 0 radical (unpaired) electrons. The molecule has 0 saturated carbocycles. The fraction of sp³-hybridized carbons (Fsp3) is 0.231. The second-order valence-corrected chi connectivity index (χ2v) is 12.9. The number of H-pyrrole nitrogens is 1. The number of aromatic nitrogens is 3. The number of carbonyl (C=O) groups excluding carboxylic acids is 2. The molecule has 1 unspecified atom stereocenters. The van der Waals surface area contributed by atoms with Crippen molar-refractivity contribution in [2.75, 3.05) is 20.3 Å².